The van der Waals surface area contributed by atoms with Gasteiger partial charge in [-0.25, -0.2) is 28.8 Å². The van der Waals surface area contributed by atoms with Crippen molar-refractivity contribution < 1.29 is 63.8 Å². The van der Waals surface area contributed by atoms with Gasteiger partial charge in [0.2, 0.25) is 0 Å². The van der Waals surface area contributed by atoms with Gasteiger partial charge in [0.05, 0.1) is 27.8 Å². The summed E-state index contributed by atoms with van der Waals surface area (Å²) in [5.74, 6) is -8.63. The fourth-order valence-electron chi connectivity index (χ4n) is 4.62. The number of anilines is 1. The van der Waals surface area contributed by atoms with Crippen LogP contribution in [0.3, 0.4) is 0 Å². The maximum atomic E-state index is 13.7. The second kappa shape index (κ2) is 12.6. The highest BCUT2D eigenvalue weighted by Gasteiger charge is 2.29. The van der Waals surface area contributed by atoms with Gasteiger partial charge in [-0.15, -0.1) is 0 Å². The Labute approximate surface area is 251 Å². The lowest BCUT2D eigenvalue weighted by Crippen LogP contribution is -2.18. The van der Waals surface area contributed by atoms with Crippen LogP contribution in [0, 0.1) is 0 Å². The van der Waals surface area contributed by atoms with Crippen LogP contribution in [-0.2, 0) is 4.74 Å². The number of hydrogen-bond acceptors (Lipinski definition) is 8. The van der Waals surface area contributed by atoms with Crippen molar-refractivity contribution >= 4 is 47.6 Å². The molecule has 45 heavy (non-hydrogen) atoms. The molecular weight excluding hydrogens is 594 g/mol. The number of hydrogen-bond donors (Lipinski definition) is 6. The zero-order chi connectivity index (χ0) is 33.0. The number of aromatic carboxylic acids is 4. The van der Waals surface area contributed by atoms with E-state index < -0.39 is 75.3 Å². The third kappa shape index (κ3) is 6.34. The lowest BCUT2D eigenvalue weighted by atomic mass is 9.85. The lowest BCUT2D eigenvalue weighted by Gasteiger charge is -2.19. The van der Waals surface area contributed by atoms with Gasteiger partial charge in [-0.2, -0.15) is 0 Å². The number of rotatable bonds is 9. The minimum Gasteiger partial charge on any atom is -0.478 e. The molecule has 0 aromatic heterocycles. The van der Waals surface area contributed by atoms with E-state index in [2.05, 4.69) is 10.1 Å². The minimum absolute atomic E-state index is 0.113. The summed E-state index contributed by atoms with van der Waals surface area (Å²) in [5, 5.41) is 50.4. The molecule has 0 fully saturated rings. The molecule has 0 saturated heterocycles. The standard InChI is InChI=1S/C31H19NO13/c33-25(32-14-9-10-19(27(36)37)22(13-14)28(38)39)21-12-11-17(15-5-1-4-8-20(15)30(42)45-31(43)44)24(29(40)41)23(21)16-6-2-3-7-18(16)26(34)35/h1-13H,(H,32,33)(H,34,35)(H,36,37)(H,38,39)(H,40,41)(H,43,44). The summed E-state index contributed by atoms with van der Waals surface area (Å²) < 4.78 is 4.25. The fourth-order valence-corrected chi connectivity index (χ4v) is 4.62. The molecule has 4 rings (SSSR count). The molecule has 0 spiro atoms. The molecule has 6 N–H and O–H groups in total. The van der Waals surface area contributed by atoms with E-state index in [-0.39, 0.29) is 27.9 Å². The van der Waals surface area contributed by atoms with Crippen molar-refractivity contribution in [1.82, 2.24) is 0 Å². The summed E-state index contributed by atoms with van der Waals surface area (Å²) in [7, 11) is 0. The van der Waals surface area contributed by atoms with Crippen molar-refractivity contribution in [3.63, 3.8) is 0 Å². The average molecular weight is 613 g/mol. The molecule has 14 heteroatoms. The molecule has 0 aliphatic rings. The Bertz CT molecular complexity index is 1940. The number of esters is 1. The molecule has 0 atom stereocenters. The van der Waals surface area contributed by atoms with Crippen molar-refractivity contribution in [2.75, 3.05) is 5.32 Å². The fraction of sp³-hybridized carbons (Fsp3) is 0. The van der Waals surface area contributed by atoms with Gasteiger partial charge in [-0.05, 0) is 53.1 Å². The summed E-state index contributed by atoms with van der Waals surface area (Å²) >= 11 is 0. The SMILES string of the molecule is O=C(O)OC(=O)c1ccccc1-c1ccc(C(=O)Nc2ccc(C(=O)O)c(C(=O)O)c2)c(-c2ccccc2C(=O)O)c1C(=O)O. The Hall–Kier alpha value is -6.83. The molecule has 14 nitrogen and oxygen atoms in total. The van der Waals surface area contributed by atoms with Crippen LogP contribution >= 0.6 is 0 Å². The zero-order valence-electron chi connectivity index (χ0n) is 22.5. The van der Waals surface area contributed by atoms with Gasteiger partial charge >= 0.3 is 36.0 Å². The van der Waals surface area contributed by atoms with E-state index in [9.17, 15) is 54.0 Å². The van der Waals surface area contributed by atoms with Gasteiger partial charge in [-0.3, -0.25) is 4.79 Å². The minimum atomic E-state index is -1.92. The van der Waals surface area contributed by atoms with Gasteiger partial charge in [0.25, 0.3) is 5.91 Å². The Balaban J connectivity index is 2.01. The maximum Gasteiger partial charge on any atom is 0.513 e. The summed E-state index contributed by atoms with van der Waals surface area (Å²) in [6, 6.07) is 15.7. The molecule has 4 aromatic carbocycles. The number of carbonyl (C=O) groups is 7. The molecule has 0 aliphatic heterocycles. The number of carbonyl (C=O) groups excluding carboxylic acids is 2. The van der Waals surface area contributed by atoms with E-state index in [0.717, 1.165) is 30.3 Å². The van der Waals surface area contributed by atoms with Crippen molar-refractivity contribution in [3.05, 3.63) is 112 Å². The number of ether oxygens (including phenoxy) is 1. The molecular formula is C31H19NO13. The second-order valence-corrected chi connectivity index (χ2v) is 9.09. The van der Waals surface area contributed by atoms with Crippen LogP contribution in [0.2, 0.25) is 0 Å². The smallest absolute Gasteiger partial charge is 0.478 e. The highest BCUT2D eigenvalue weighted by atomic mass is 16.7. The van der Waals surface area contributed by atoms with Crippen molar-refractivity contribution in [1.29, 1.82) is 0 Å². The van der Waals surface area contributed by atoms with E-state index >= 15 is 0 Å². The summed E-state index contributed by atoms with van der Waals surface area (Å²) in [5.41, 5.74) is -4.11. The Kier molecular flexibility index (Phi) is 8.70. The van der Waals surface area contributed by atoms with E-state index in [0.29, 0.717) is 0 Å². The third-order valence-electron chi connectivity index (χ3n) is 6.45. The molecule has 0 heterocycles. The quantitative estimate of drug-likeness (QED) is 0.109. The molecule has 226 valence electrons. The second-order valence-electron chi connectivity index (χ2n) is 9.09. The molecule has 0 bridgehead atoms. The first-order valence-corrected chi connectivity index (χ1v) is 12.5. The van der Waals surface area contributed by atoms with Crippen LogP contribution < -0.4 is 5.32 Å². The van der Waals surface area contributed by atoms with Crippen LogP contribution in [0.15, 0.2) is 78.9 Å². The lowest BCUT2D eigenvalue weighted by molar-refractivity contribution is 0.0506. The van der Waals surface area contributed by atoms with E-state index in [4.69, 9.17) is 5.11 Å². The molecule has 0 radical (unpaired) electrons. The largest absolute Gasteiger partial charge is 0.513 e. The van der Waals surface area contributed by atoms with Gasteiger partial charge in [-0.1, -0.05) is 42.5 Å². The summed E-state index contributed by atoms with van der Waals surface area (Å²) in [4.78, 5) is 85.4. The number of benzene rings is 4. The summed E-state index contributed by atoms with van der Waals surface area (Å²) in [6.07, 6.45) is -1.92. The van der Waals surface area contributed by atoms with Gasteiger partial charge < -0.3 is 35.6 Å². The first-order valence-electron chi connectivity index (χ1n) is 12.5. The van der Waals surface area contributed by atoms with Crippen molar-refractivity contribution in [2.45, 2.75) is 0 Å². The summed E-state index contributed by atoms with van der Waals surface area (Å²) in [6.45, 7) is 0. The molecule has 0 unspecified atom stereocenters. The molecule has 4 aromatic rings. The topological polar surface area (TPSA) is 242 Å². The Morgan fingerprint density at radius 3 is 1.64 bits per heavy atom. The van der Waals surface area contributed by atoms with Crippen molar-refractivity contribution in [2.24, 2.45) is 0 Å². The van der Waals surface area contributed by atoms with Crippen LogP contribution in [0.1, 0.15) is 62.1 Å². The van der Waals surface area contributed by atoms with E-state index in [1.807, 2.05) is 0 Å². The molecule has 0 aliphatic carbocycles. The average Bonchev–Trinajstić information content (AvgIpc) is 2.99. The van der Waals surface area contributed by atoms with Crippen LogP contribution in [-0.4, -0.2) is 67.4 Å². The Morgan fingerprint density at radius 2 is 1.07 bits per heavy atom. The predicted molar refractivity (Wildman–Crippen MR) is 153 cm³/mol. The van der Waals surface area contributed by atoms with E-state index in [1.165, 1.54) is 48.5 Å². The first-order chi connectivity index (χ1) is 21.3. The zero-order valence-corrected chi connectivity index (χ0v) is 22.5. The van der Waals surface area contributed by atoms with Gasteiger partial charge in [0.1, 0.15) is 0 Å². The number of carboxylic acid groups (broad SMARTS) is 5. The van der Waals surface area contributed by atoms with Gasteiger partial charge in [0.15, 0.2) is 0 Å². The van der Waals surface area contributed by atoms with Gasteiger partial charge in [0, 0.05) is 16.8 Å². The normalized spacial score (nSPS) is 10.4. The first kappa shape index (κ1) is 31.1. The molecule has 0 saturated carbocycles. The number of amides is 1. The predicted octanol–water partition coefficient (Wildman–Crippen LogP) is 4.90. The third-order valence-corrected chi connectivity index (χ3v) is 6.45. The molecule has 1 amide bonds. The highest BCUT2D eigenvalue weighted by molar-refractivity contribution is 6.17. The number of carboxylic acids is 4. The monoisotopic (exact) mass is 613 g/mol. The number of nitrogens with one attached hydrogen (secondary N) is 1. The maximum absolute atomic E-state index is 13.7. The van der Waals surface area contributed by atoms with Crippen molar-refractivity contribution in [3.8, 4) is 22.3 Å². The van der Waals surface area contributed by atoms with Crippen LogP contribution in [0.5, 0.6) is 0 Å². The highest BCUT2D eigenvalue weighted by Crippen LogP contribution is 2.39. The van der Waals surface area contributed by atoms with E-state index in [1.54, 1.807) is 0 Å². The van der Waals surface area contributed by atoms with Crippen LogP contribution in [0.25, 0.3) is 22.3 Å². The Morgan fingerprint density at radius 1 is 0.511 bits per heavy atom. The van der Waals surface area contributed by atoms with Crippen LogP contribution in [0.4, 0.5) is 10.5 Å².